The molecule has 96 valence electrons. The van der Waals surface area contributed by atoms with Gasteiger partial charge in [0.1, 0.15) is 0 Å². The first-order valence-corrected chi connectivity index (χ1v) is 6.01. The van der Waals surface area contributed by atoms with Crippen LogP contribution in [0.1, 0.15) is 44.1 Å². The Balaban J connectivity index is 2.59. The Labute approximate surface area is 103 Å². The van der Waals surface area contributed by atoms with E-state index < -0.39 is 0 Å². The summed E-state index contributed by atoms with van der Waals surface area (Å²) in [5.41, 5.74) is 3.20. The van der Waals surface area contributed by atoms with Crippen molar-refractivity contribution in [3.05, 3.63) is 17.0 Å². The predicted molar refractivity (Wildman–Crippen MR) is 68.9 cm³/mol. The minimum absolute atomic E-state index is 0.0974. The van der Waals surface area contributed by atoms with Crippen LogP contribution in [0.3, 0.4) is 0 Å². The van der Waals surface area contributed by atoms with Crippen molar-refractivity contribution >= 4 is 5.91 Å². The number of hydrogen-bond acceptors (Lipinski definition) is 2. The van der Waals surface area contributed by atoms with Crippen LogP contribution in [0.4, 0.5) is 0 Å². The van der Waals surface area contributed by atoms with E-state index in [2.05, 4.69) is 10.4 Å². The molecule has 0 unspecified atom stereocenters. The molecule has 0 aromatic carbocycles. The second-order valence-electron chi connectivity index (χ2n) is 5.57. The zero-order chi connectivity index (χ0) is 13.2. The first kappa shape index (κ1) is 13.7. The van der Waals surface area contributed by atoms with Crippen LogP contribution in [0.25, 0.3) is 0 Å². The summed E-state index contributed by atoms with van der Waals surface area (Å²) in [7, 11) is 1.93. The second-order valence-corrected chi connectivity index (χ2v) is 5.57. The van der Waals surface area contributed by atoms with Gasteiger partial charge in [0.15, 0.2) is 0 Å². The quantitative estimate of drug-likeness (QED) is 0.872. The number of nitrogens with one attached hydrogen (secondary N) is 1. The van der Waals surface area contributed by atoms with Gasteiger partial charge in [0.25, 0.3) is 0 Å². The molecule has 0 saturated heterocycles. The van der Waals surface area contributed by atoms with E-state index in [1.807, 2.05) is 46.3 Å². The maximum atomic E-state index is 11.7. The summed E-state index contributed by atoms with van der Waals surface area (Å²) in [6, 6.07) is 0. The fourth-order valence-corrected chi connectivity index (χ4v) is 1.90. The molecule has 0 radical (unpaired) electrons. The SMILES string of the molecule is Cc1nn(C)c(C)c1CCC(=O)NC(C)(C)C. The van der Waals surface area contributed by atoms with Crippen molar-refractivity contribution in [2.75, 3.05) is 0 Å². The van der Waals surface area contributed by atoms with E-state index in [4.69, 9.17) is 0 Å². The van der Waals surface area contributed by atoms with Gasteiger partial charge in [-0.05, 0) is 46.6 Å². The minimum Gasteiger partial charge on any atom is -0.351 e. The molecule has 4 nitrogen and oxygen atoms in total. The van der Waals surface area contributed by atoms with E-state index in [0.717, 1.165) is 17.8 Å². The summed E-state index contributed by atoms with van der Waals surface area (Å²) < 4.78 is 1.87. The summed E-state index contributed by atoms with van der Waals surface area (Å²) in [5.74, 6) is 0.0974. The normalized spacial score (nSPS) is 11.6. The van der Waals surface area contributed by atoms with Crippen LogP contribution in [-0.2, 0) is 18.3 Å². The fourth-order valence-electron chi connectivity index (χ4n) is 1.90. The van der Waals surface area contributed by atoms with E-state index in [-0.39, 0.29) is 11.4 Å². The molecule has 0 saturated carbocycles. The predicted octanol–water partition coefficient (Wildman–Crippen LogP) is 1.88. The summed E-state index contributed by atoms with van der Waals surface area (Å²) in [6.45, 7) is 10.0. The molecule has 1 aromatic rings. The molecule has 1 N–H and O–H groups in total. The van der Waals surface area contributed by atoms with E-state index in [9.17, 15) is 4.79 Å². The Morgan fingerprint density at radius 3 is 2.35 bits per heavy atom. The molecule has 4 heteroatoms. The minimum atomic E-state index is -0.157. The Morgan fingerprint density at radius 2 is 1.94 bits per heavy atom. The lowest BCUT2D eigenvalue weighted by molar-refractivity contribution is -0.122. The van der Waals surface area contributed by atoms with E-state index in [0.29, 0.717) is 6.42 Å². The van der Waals surface area contributed by atoms with Gasteiger partial charge in [0.2, 0.25) is 5.91 Å². The highest BCUT2D eigenvalue weighted by Gasteiger charge is 2.15. The first-order valence-electron chi connectivity index (χ1n) is 6.01. The van der Waals surface area contributed by atoms with Crippen molar-refractivity contribution in [3.63, 3.8) is 0 Å². The Morgan fingerprint density at radius 1 is 1.35 bits per heavy atom. The van der Waals surface area contributed by atoms with E-state index >= 15 is 0 Å². The monoisotopic (exact) mass is 237 g/mol. The van der Waals surface area contributed by atoms with Crippen LogP contribution in [-0.4, -0.2) is 21.2 Å². The summed E-state index contributed by atoms with van der Waals surface area (Å²) in [4.78, 5) is 11.7. The standard InChI is InChI=1S/C13H23N3O/c1-9-11(10(2)16(6)15-9)7-8-12(17)14-13(3,4)5/h7-8H2,1-6H3,(H,14,17). The fraction of sp³-hybridized carbons (Fsp3) is 0.692. The van der Waals surface area contributed by atoms with E-state index in [1.165, 1.54) is 5.56 Å². The number of aromatic nitrogens is 2. The van der Waals surface area contributed by atoms with Crippen molar-refractivity contribution < 1.29 is 4.79 Å². The molecule has 0 atom stereocenters. The molecular weight excluding hydrogens is 214 g/mol. The van der Waals surface area contributed by atoms with Crippen LogP contribution in [0.5, 0.6) is 0 Å². The molecule has 1 rings (SSSR count). The first-order chi connectivity index (χ1) is 7.70. The van der Waals surface area contributed by atoms with Crippen molar-refractivity contribution in [2.24, 2.45) is 7.05 Å². The van der Waals surface area contributed by atoms with Crippen LogP contribution in [0.15, 0.2) is 0 Å². The lowest BCUT2D eigenvalue weighted by Crippen LogP contribution is -2.40. The van der Waals surface area contributed by atoms with Gasteiger partial charge in [-0.15, -0.1) is 0 Å². The lowest BCUT2D eigenvalue weighted by atomic mass is 10.1. The number of nitrogens with zero attached hydrogens (tertiary/aromatic N) is 2. The number of hydrogen-bond donors (Lipinski definition) is 1. The average Bonchev–Trinajstić information content (AvgIpc) is 2.36. The maximum Gasteiger partial charge on any atom is 0.220 e. The van der Waals surface area contributed by atoms with Crippen LogP contribution < -0.4 is 5.32 Å². The Kier molecular flexibility index (Phi) is 3.96. The summed E-state index contributed by atoms with van der Waals surface area (Å²) >= 11 is 0. The largest absolute Gasteiger partial charge is 0.351 e. The van der Waals surface area contributed by atoms with Gasteiger partial charge in [-0.2, -0.15) is 5.10 Å². The molecule has 17 heavy (non-hydrogen) atoms. The van der Waals surface area contributed by atoms with Gasteiger partial charge in [-0.1, -0.05) is 0 Å². The summed E-state index contributed by atoms with van der Waals surface area (Å²) in [6.07, 6.45) is 1.28. The zero-order valence-electron chi connectivity index (χ0n) is 11.7. The van der Waals surface area contributed by atoms with Crippen molar-refractivity contribution in [1.29, 1.82) is 0 Å². The topological polar surface area (TPSA) is 46.9 Å². The Bertz CT molecular complexity index is 413. The highest BCUT2D eigenvalue weighted by Crippen LogP contribution is 2.14. The molecule has 0 aliphatic heterocycles. The van der Waals surface area contributed by atoms with Crippen LogP contribution in [0, 0.1) is 13.8 Å². The highest BCUT2D eigenvalue weighted by atomic mass is 16.1. The van der Waals surface area contributed by atoms with Crippen molar-refractivity contribution in [1.82, 2.24) is 15.1 Å². The summed E-state index contributed by atoms with van der Waals surface area (Å²) in [5, 5.41) is 7.32. The number of aryl methyl sites for hydroxylation is 2. The molecule has 0 bridgehead atoms. The van der Waals surface area contributed by atoms with Crippen molar-refractivity contribution in [2.45, 2.75) is 53.0 Å². The molecule has 1 heterocycles. The van der Waals surface area contributed by atoms with Gasteiger partial charge in [-0.25, -0.2) is 0 Å². The molecule has 0 aliphatic carbocycles. The van der Waals surface area contributed by atoms with E-state index in [1.54, 1.807) is 0 Å². The van der Waals surface area contributed by atoms with Crippen molar-refractivity contribution in [3.8, 4) is 0 Å². The third-order valence-electron chi connectivity index (χ3n) is 2.78. The van der Waals surface area contributed by atoms with Gasteiger partial charge in [-0.3, -0.25) is 9.48 Å². The maximum absolute atomic E-state index is 11.7. The second kappa shape index (κ2) is 4.90. The molecular formula is C13H23N3O. The van der Waals surface area contributed by atoms with Gasteiger partial charge >= 0.3 is 0 Å². The van der Waals surface area contributed by atoms with Gasteiger partial charge < -0.3 is 5.32 Å². The molecule has 0 spiro atoms. The van der Waals surface area contributed by atoms with Gasteiger partial charge in [0.05, 0.1) is 5.69 Å². The third kappa shape index (κ3) is 3.88. The number of carbonyl (C=O) groups excluding carboxylic acids is 1. The van der Waals surface area contributed by atoms with Gasteiger partial charge in [0, 0.05) is 24.7 Å². The lowest BCUT2D eigenvalue weighted by Gasteiger charge is -2.20. The molecule has 0 aliphatic rings. The zero-order valence-corrected chi connectivity index (χ0v) is 11.7. The smallest absolute Gasteiger partial charge is 0.220 e. The number of carbonyl (C=O) groups is 1. The third-order valence-corrected chi connectivity index (χ3v) is 2.78. The van der Waals surface area contributed by atoms with Crippen LogP contribution in [0.2, 0.25) is 0 Å². The Hall–Kier alpha value is -1.32. The number of amides is 1. The number of rotatable bonds is 3. The molecule has 1 aromatic heterocycles. The molecule has 0 fully saturated rings. The highest BCUT2D eigenvalue weighted by molar-refractivity contribution is 5.76. The van der Waals surface area contributed by atoms with Crippen LogP contribution >= 0.6 is 0 Å². The molecule has 1 amide bonds. The average molecular weight is 237 g/mol.